The molecule has 3 atom stereocenters. The van der Waals surface area contributed by atoms with E-state index in [1.807, 2.05) is 0 Å². The molecule has 3 aliphatic heterocycles. The van der Waals surface area contributed by atoms with Gasteiger partial charge in [0.05, 0.1) is 17.9 Å². The summed E-state index contributed by atoms with van der Waals surface area (Å²) >= 11 is -1.31. The predicted molar refractivity (Wildman–Crippen MR) is 85.5 cm³/mol. The van der Waals surface area contributed by atoms with Crippen LogP contribution in [0.3, 0.4) is 0 Å². The van der Waals surface area contributed by atoms with Gasteiger partial charge >= 0.3 is 5.97 Å². The van der Waals surface area contributed by atoms with Crippen molar-refractivity contribution in [2.24, 2.45) is 11.8 Å². The van der Waals surface area contributed by atoms with Crippen LogP contribution < -0.4 is 0 Å². The third-order valence-corrected chi connectivity index (χ3v) is 6.54. The summed E-state index contributed by atoms with van der Waals surface area (Å²) in [6.45, 7) is 2.55. The van der Waals surface area contributed by atoms with Crippen molar-refractivity contribution in [3.8, 4) is 6.07 Å². The summed E-state index contributed by atoms with van der Waals surface area (Å²) in [5.74, 6) is -1.42. The molecule has 0 aliphatic carbocycles. The van der Waals surface area contributed by atoms with Gasteiger partial charge in [0.15, 0.2) is 11.2 Å². The Morgan fingerprint density at radius 2 is 1.79 bits per heavy atom. The Hall–Kier alpha value is -1.50. The molecule has 0 aromatic rings. The normalized spacial score (nSPS) is 30.5. The van der Waals surface area contributed by atoms with Crippen molar-refractivity contribution >= 4 is 23.0 Å². The maximum atomic E-state index is 12.7. The van der Waals surface area contributed by atoms with Gasteiger partial charge in [0.1, 0.15) is 6.04 Å². The van der Waals surface area contributed by atoms with Crippen LogP contribution in [-0.2, 0) is 20.8 Å². The lowest BCUT2D eigenvalue weighted by molar-refractivity contribution is -0.150. The number of hydrogen-bond donors (Lipinski definition) is 1. The summed E-state index contributed by atoms with van der Waals surface area (Å²) in [4.78, 5) is 25.5. The van der Waals surface area contributed by atoms with E-state index in [1.165, 1.54) is 4.90 Å². The van der Waals surface area contributed by atoms with Crippen LogP contribution in [0.5, 0.6) is 0 Å². The van der Waals surface area contributed by atoms with E-state index in [-0.39, 0.29) is 17.7 Å². The number of carbonyl (C=O) groups is 2. The Labute approximate surface area is 143 Å². The number of aliphatic carboxylic acids is 1. The highest BCUT2D eigenvalue weighted by Gasteiger charge is 2.40. The molecule has 0 bridgehead atoms. The molecule has 1 N–H and O–H groups in total. The molecule has 132 valence electrons. The molecular weight excluding hydrogens is 332 g/mol. The zero-order chi connectivity index (χ0) is 17.3. The summed E-state index contributed by atoms with van der Waals surface area (Å²) in [6.07, 6.45) is 2.70. The van der Waals surface area contributed by atoms with E-state index in [4.69, 9.17) is 5.26 Å². The minimum absolute atomic E-state index is 0.0582. The van der Waals surface area contributed by atoms with Gasteiger partial charge in [-0.3, -0.25) is 4.79 Å². The van der Waals surface area contributed by atoms with Crippen LogP contribution in [0.4, 0.5) is 0 Å². The Morgan fingerprint density at radius 3 is 2.46 bits per heavy atom. The van der Waals surface area contributed by atoms with Crippen LogP contribution in [0.2, 0.25) is 0 Å². The van der Waals surface area contributed by atoms with Gasteiger partial charge in [-0.15, -0.1) is 0 Å². The minimum Gasteiger partial charge on any atom is -0.480 e. The topological polar surface area (TPSA) is 105 Å². The van der Waals surface area contributed by atoms with E-state index in [0.29, 0.717) is 52.0 Å². The van der Waals surface area contributed by atoms with E-state index in [2.05, 4.69) is 6.07 Å². The standard InChI is InChI=1S/C15H22N4O4S/c16-7-11-8-18(9-11)24(23)17-5-1-3-12(10-17)14(20)19-6-2-4-13(19)15(21)22/h11-13H,1-6,8-10H2,(H,21,22)/t12-,13+,24?/m0/s1. The molecule has 0 spiro atoms. The molecule has 9 heteroatoms. The number of nitrogens with zero attached hydrogens (tertiary/aromatic N) is 4. The number of hydrogen-bond acceptors (Lipinski definition) is 4. The SMILES string of the molecule is N#CC1CN(S(=O)N2CCC[C@H](C(=O)N3CCC[C@@H]3C(=O)O)C2)C1. The minimum atomic E-state index is -1.31. The van der Waals surface area contributed by atoms with Gasteiger partial charge in [0, 0.05) is 32.7 Å². The highest BCUT2D eigenvalue weighted by Crippen LogP contribution is 2.27. The molecule has 3 saturated heterocycles. The number of carboxylic acid groups (broad SMARTS) is 1. The third-order valence-electron chi connectivity index (χ3n) is 5.03. The maximum Gasteiger partial charge on any atom is 0.326 e. The molecule has 1 amide bonds. The summed E-state index contributed by atoms with van der Waals surface area (Å²) < 4.78 is 16.1. The van der Waals surface area contributed by atoms with Crippen molar-refractivity contribution in [3.63, 3.8) is 0 Å². The number of likely N-dealkylation sites (tertiary alicyclic amines) is 1. The fraction of sp³-hybridized carbons (Fsp3) is 0.800. The second-order valence-electron chi connectivity index (χ2n) is 6.66. The largest absolute Gasteiger partial charge is 0.480 e. The van der Waals surface area contributed by atoms with Crippen LogP contribution in [0.25, 0.3) is 0 Å². The van der Waals surface area contributed by atoms with Crippen molar-refractivity contribution < 1.29 is 18.9 Å². The van der Waals surface area contributed by atoms with Gasteiger partial charge in [0.25, 0.3) is 0 Å². The van der Waals surface area contributed by atoms with Crippen LogP contribution >= 0.6 is 0 Å². The number of carboxylic acids is 1. The van der Waals surface area contributed by atoms with Crippen LogP contribution in [0, 0.1) is 23.2 Å². The smallest absolute Gasteiger partial charge is 0.326 e. The van der Waals surface area contributed by atoms with E-state index in [1.54, 1.807) is 8.61 Å². The molecule has 1 unspecified atom stereocenters. The number of nitriles is 1. The summed E-state index contributed by atoms with van der Waals surface area (Å²) in [5.41, 5.74) is 0. The monoisotopic (exact) mass is 354 g/mol. The van der Waals surface area contributed by atoms with Crippen LogP contribution in [0.15, 0.2) is 0 Å². The van der Waals surface area contributed by atoms with Gasteiger partial charge in [-0.25, -0.2) is 17.6 Å². The number of amides is 1. The second kappa shape index (κ2) is 7.17. The van der Waals surface area contributed by atoms with Crippen molar-refractivity contribution in [1.82, 2.24) is 13.5 Å². The molecule has 0 aromatic heterocycles. The Bertz CT molecular complexity index is 587. The quantitative estimate of drug-likeness (QED) is 0.753. The third kappa shape index (κ3) is 3.31. The van der Waals surface area contributed by atoms with E-state index in [0.717, 1.165) is 6.42 Å². The number of rotatable bonds is 4. The Morgan fingerprint density at radius 1 is 1.08 bits per heavy atom. The maximum absolute atomic E-state index is 12.7. The van der Waals surface area contributed by atoms with Gasteiger partial charge in [-0.1, -0.05) is 0 Å². The van der Waals surface area contributed by atoms with Crippen molar-refractivity contribution in [3.05, 3.63) is 0 Å². The number of carbonyl (C=O) groups excluding carboxylic acids is 1. The second-order valence-corrected chi connectivity index (χ2v) is 8.15. The zero-order valence-corrected chi connectivity index (χ0v) is 14.3. The number of piperidine rings is 1. The molecule has 3 heterocycles. The summed E-state index contributed by atoms with van der Waals surface area (Å²) in [5, 5.41) is 18.1. The molecule has 0 saturated carbocycles. The molecule has 8 nitrogen and oxygen atoms in total. The first-order valence-corrected chi connectivity index (χ1v) is 9.42. The van der Waals surface area contributed by atoms with Crippen molar-refractivity contribution in [2.45, 2.75) is 31.7 Å². The van der Waals surface area contributed by atoms with Gasteiger partial charge in [0.2, 0.25) is 5.91 Å². The van der Waals surface area contributed by atoms with E-state index < -0.39 is 23.2 Å². The first-order valence-electron chi connectivity index (χ1n) is 8.36. The molecule has 0 radical (unpaired) electrons. The van der Waals surface area contributed by atoms with Crippen LogP contribution in [-0.4, -0.2) is 73.5 Å². The summed E-state index contributed by atoms with van der Waals surface area (Å²) in [6, 6.07) is 1.44. The Kier molecular flexibility index (Phi) is 5.18. The highest BCUT2D eigenvalue weighted by atomic mass is 32.2. The van der Waals surface area contributed by atoms with Crippen molar-refractivity contribution in [1.29, 1.82) is 5.26 Å². The average Bonchev–Trinajstić information content (AvgIpc) is 3.03. The first kappa shape index (κ1) is 17.3. The van der Waals surface area contributed by atoms with Crippen LogP contribution in [0.1, 0.15) is 25.7 Å². The molecule has 24 heavy (non-hydrogen) atoms. The van der Waals surface area contributed by atoms with Crippen molar-refractivity contribution in [2.75, 3.05) is 32.7 Å². The Balaban J connectivity index is 1.59. The summed E-state index contributed by atoms with van der Waals surface area (Å²) in [7, 11) is 0. The molecule has 3 fully saturated rings. The lowest BCUT2D eigenvalue weighted by Crippen LogP contribution is -2.54. The zero-order valence-electron chi connectivity index (χ0n) is 13.5. The predicted octanol–water partition coefficient (Wildman–Crippen LogP) is -0.192. The highest BCUT2D eigenvalue weighted by molar-refractivity contribution is 7.80. The lowest BCUT2D eigenvalue weighted by Gasteiger charge is -2.40. The molecule has 3 rings (SSSR count). The van der Waals surface area contributed by atoms with Gasteiger partial charge in [-0.2, -0.15) is 5.26 Å². The van der Waals surface area contributed by atoms with Gasteiger partial charge in [-0.05, 0) is 25.7 Å². The lowest BCUT2D eigenvalue weighted by atomic mass is 9.97. The molecule has 3 aliphatic rings. The first-order chi connectivity index (χ1) is 11.5. The van der Waals surface area contributed by atoms with E-state index >= 15 is 0 Å². The molecule has 0 aromatic carbocycles. The molecular formula is C15H22N4O4S. The average molecular weight is 354 g/mol. The van der Waals surface area contributed by atoms with Gasteiger partial charge < -0.3 is 10.0 Å². The fourth-order valence-electron chi connectivity index (χ4n) is 3.62. The van der Waals surface area contributed by atoms with E-state index in [9.17, 15) is 18.9 Å². The fourth-order valence-corrected chi connectivity index (χ4v) is 5.15.